The quantitative estimate of drug-likeness (QED) is 0.290. The first-order valence-corrected chi connectivity index (χ1v) is 13.6. The highest BCUT2D eigenvalue weighted by Crippen LogP contribution is 2.38. The number of thiophene rings is 1. The van der Waals surface area contributed by atoms with Gasteiger partial charge in [0.25, 0.3) is 0 Å². The fourth-order valence-corrected chi connectivity index (χ4v) is 5.07. The van der Waals surface area contributed by atoms with Crippen LogP contribution >= 0.6 is 11.3 Å². The molecule has 0 fully saturated rings. The average molecular weight is 442 g/mol. The molecule has 2 N–H and O–H groups in total. The highest BCUT2D eigenvalue weighted by Gasteiger charge is 2.37. The number of fused-ring (bicyclic) bond motifs is 2. The van der Waals surface area contributed by atoms with Gasteiger partial charge in [-0.1, -0.05) is 26.8 Å². The number of aromatic amines is 2. The van der Waals surface area contributed by atoms with Gasteiger partial charge in [0.1, 0.15) is 10.6 Å². The second-order valence-corrected chi connectivity index (χ2v) is 14.9. The van der Waals surface area contributed by atoms with E-state index in [9.17, 15) is 4.79 Å². The van der Waals surface area contributed by atoms with Crippen molar-refractivity contribution in [1.82, 2.24) is 15.2 Å². The Kier molecular flexibility index (Phi) is 5.12. The maximum absolute atomic E-state index is 11.8. The molecule has 0 bridgehead atoms. The third-order valence-electron chi connectivity index (χ3n) is 5.97. The number of hydrogen-bond donors (Lipinski definition) is 2. The summed E-state index contributed by atoms with van der Waals surface area (Å²) in [6, 6.07) is 10.2. The lowest BCUT2D eigenvalue weighted by atomic mass is 10.1. The largest absolute Gasteiger partial charge is 0.465 e. The van der Waals surface area contributed by atoms with Gasteiger partial charge in [0.05, 0.1) is 29.6 Å². The lowest BCUT2D eigenvalue weighted by Gasteiger charge is -2.36. The van der Waals surface area contributed by atoms with Gasteiger partial charge in [-0.05, 0) is 48.0 Å². The van der Waals surface area contributed by atoms with Gasteiger partial charge in [-0.15, -0.1) is 11.3 Å². The van der Waals surface area contributed by atoms with Crippen LogP contribution in [0.2, 0.25) is 18.1 Å². The SMILES string of the molecule is COC(=O)c1cc2[nH]nc(-c3cc4cc(CO[Si](C)(C)C(C)(C)C)ccc4[nH]3)c2s1. The molecule has 4 rings (SSSR count). The first kappa shape index (κ1) is 20.8. The normalized spacial score (nSPS) is 12.7. The minimum atomic E-state index is -1.79. The van der Waals surface area contributed by atoms with Gasteiger partial charge >= 0.3 is 5.97 Å². The van der Waals surface area contributed by atoms with Crippen molar-refractivity contribution in [3.63, 3.8) is 0 Å². The number of rotatable bonds is 5. The molecule has 0 aliphatic rings. The van der Waals surface area contributed by atoms with Gasteiger partial charge in [-0.25, -0.2) is 4.79 Å². The Morgan fingerprint density at radius 3 is 2.63 bits per heavy atom. The molecule has 4 aromatic rings. The van der Waals surface area contributed by atoms with E-state index < -0.39 is 8.32 Å². The molecule has 8 heteroatoms. The van der Waals surface area contributed by atoms with Gasteiger partial charge in [0, 0.05) is 10.9 Å². The maximum atomic E-state index is 11.8. The molecule has 158 valence electrons. The summed E-state index contributed by atoms with van der Waals surface area (Å²) in [5.74, 6) is -0.335. The Hall–Kier alpha value is -2.42. The van der Waals surface area contributed by atoms with Crippen LogP contribution in [0.15, 0.2) is 30.3 Å². The number of methoxy groups -OCH3 is 1. The van der Waals surface area contributed by atoms with Crippen molar-refractivity contribution in [3.8, 4) is 11.4 Å². The molecular weight excluding hydrogens is 414 g/mol. The van der Waals surface area contributed by atoms with Crippen LogP contribution in [-0.2, 0) is 15.8 Å². The Balaban J connectivity index is 1.62. The second kappa shape index (κ2) is 7.37. The minimum absolute atomic E-state index is 0.188. The number of nitrogens with zero attached hydrogens (tertiary/aromatic N) is 1. The number of ether oxygens (including phenoxy) is 1. The Morgan fingerprint density at radius 1 is 1.17 bits per heavy atom. The lowest BCUT2D eigenvalue weighted by Crippen LogP contribution is -2.40. The van der Waals surface area contributed by atoms with Crippen LogP contribution in [0.3, 0.4) is 0 Å². The van der Waals surface area contributed by atoms with Gasteiger partial charge in [0.15, 0.2) is 8.32 Å². The molecule has 0 aliphatic carbocycles. The average Bonchev–Trinajstić information content (AvgIpc) is 3.37. The van der Waals surface area contributed by atoms with Gasteiger partial charge in [0.2, 0.25) is 0 Å². The van der Waals surface area contributed by atoms with Crippen LogP contribution in [-0.4, -0.2) is 36.6 Å². The molecule has 0 amide bonds. The van der Waals surface area contributed by atoms with Crippen LogP contribution in [0.5, 0.6) is 0 Å². The summed E-state index contributed by atoms with van der Waals surface area (Å²) in [6.45, 7) is 11.9. The summed E-state index contributed by atoms with van der Waals surface area (Å²) in [4.78, 5) is 15.8. The van der Waals surface area contributed by atoms with E-state index in [1.54, 1.807) is 6.07 Å². The zero-order valence-corrected chi connectivity index (χ0v) is 20.0. The van der Waals surface area contributed by atoms with E-state index in [-0.39, 0.29) is 11.0 Å². The zero-order chi connectivity index (χ0) is 21.7. The van der Waals surface area contributed by atoms with Crippen molar-refractivity contribution < 1.29 is 14.0 Å². The highest BCUT2D eigenvalue weighted by atomic mass is 32.1. The third kappa shape index (κ3) is 3.70. The Bertz CT molecular complexity index is 1230. The van der Waals surface area contributed by atoms with Crippen LogP contribution in [0.25, 0.3) is 32.5 Å². The van der Waals surface area contributed by atoms with Crippen LogP contribution in [0, 0.1) is 0 Å². The molecule has 6 nitrogen and oxygen atoms in total. The van der Waals surface area contributed by atoms with E-state index in [1.807, 2.05) is 0 Å². The fraction of sp³-hybridized carbons (Fsp3) is 0.364. The molecule has 0 saturated carbocycles. The molecule has 3 aromatic heterocycles. The smallest absolute Gasteiger partial charge is 0.348 e. The van der Waals surface area contributed by atoms with Crippen molar-refractivity contribution >= 4 is 46.7 Å². The number of esters is 1. The molecule has 3 heterocycles. The van der Waals surface area contributed by atoms with Crippen LogP contribution in [0.4, 0.5) is 0 Å². The summed E-state index contributed by atoms with van der Waals surface area (Å²) in [5.41, 5.74) is 4.76. The first-order valence-electron chi connectivity index (χ1n) is 9.91. The van der Waals surface area contributed by atoms with Gasteiger partial charge in [-0.3, -0.25) is 5.10 Å². The maximum Gasteiger partial charge on any atom is 0.348 e. The van der Waals surface area contributed by atoms with E-state index in [1.165, 1.54) is 18.4 Å². The number of carbonyl (C=O) groups is 1. The van der Waals surface area contributed by atoms with E-state index in [2.05, 4.69) is 73.3 Å². The lowest BCUT2D eigenvalue weighted by molar-refractivity contribution is 0.0606. The Labute approximate surface area is 180 Å². The second-order valence-electron chi connectivity index (χ2n) is 9.07. The fourth-order valence-electron chi connectivity index (χ4n) is 3.08. The van der Waals surface area contributed by atoms with Crippen molar-refractivity contribution in [2.45, 2.75) is 45.5 Å². The minimum Gasteiger partial charge on any atom is -0.465 e. The molecule has 0 unspecified atom stereocenters. The standard InChI is InChI=1S/C22H27N3O3SSi/c1-22(2,3)30(5,6)28-12-13-7-8-15-14(9-13)10-16(23-15)19-20-17(24-25-19)11-18(29-20)21(26)27-4/h7-11,23H,12H2,1-6H3,(H,24,25). The summed E-state index contributed by atoms with van der Waals surface area (Å²) in [5, 5.41) is 8.76. The van der Waals surface area contributed by atoms with Crippen molar-refractivity contribution in [1.29, 1.82) is 0 Å². The third-order valence-corrected chi connectivity index (χ3v) is 11.6. The zero-order valence-electron chi connectivity index (χ0n) is 18.2. The van der Waals surface area contributed by atoms with Crippen molar-refractivity contribution in [2.24, 2.45) is 0 Å². The highest BCUT2D eigenvalue weighted by molar-refractivity contribution is 7.21. The van der Waals surface area contributed by atoms with E-state index in [4.69, 9.17) is 9.16 Å². The number of hydrogen-bond acceptors (Lipinski definition) is 5. The molecule has 0 atom stereocenters. The molecular formula is C22H27N3O3SSi. The van der Waals surface area contributed by atoms with E-state index in [0.717, 1.165) is 38.1 Å². The predicted octanol–water partition coefficient (Wildman–Crippen LogP) is 6.08. The monoisotopic (exact) mass is 441 g/mol. The molecule has 0 saturated heterocycles. The topological polar surface area (TPSA) is 80.0 Å². The van der Waals surface area contributed by atoms with Crippen molar-refractivity contribution in [3.05, 3.63) is 40.8 Å². The summed E-state index contributed by atoms with van der Waals surface area (Å²) >= 11 is 1.38. The molecule has 0 spiro atoms. The van der Waals surface area contributed by atoms with E-state index in [0.29, 0.717) is 11.5 Å². The van der Waals surface area contributed by atoms with Gasteiger partial charge < -0.3 is 14.1 Å². The first-order chi connectivity index (χ1) is 14.1. The number of carbonyl (C=O) groups excluding carboxylic acids is 1. The molecule has 0 aliphatic heterocycles. The molecule has 0 radical (unpaired) electrons. The number of aromatic nitrogens is 3. The van der Waals surface area contributed by atoms with E-state index >= 15 is 0 Å². The summed E-state index contributed by atoms with van der Waals surface area (Å²) < 4.78 is 12.1. The summed E-state index contributed by atoms with van der Waals surface area (Å²) in [6.07, 6.45) is 0. The number of H-pyrrole nitrogens is 2. The van der Waals surface area contributed by atoms with Crippen LogP contribution in [0.1, 0.15) is 36.0 Å². The van der Waals surface area contributed by atoms with Gasteiger partial charge in [-0.2, -0.15) is 5.10 Å². The van der Waals surface area contributed by atoms with Crippen molar-refractivity contribution in [2.75, 3.05) is 7.11 Å². The Morgan fingerprint density at radius 2 is 1.93 bits per heavy atom. The number of benzene rings is 1. The molecule has 30 heavy (non-hydrogen) atoms. The van der Waals surface area contributed by atoms with Crippen LogP contribution < -0.4 is 0 Å². The predicted molar refractivity (Wildman–Crippen MR) is 125 cm³/mol. The molecule has 1 aromatic carbocycles. The summed E-state index contributed by atoms with van der Waals surface area (Å²) in [7, 11) is -0.404. The number of nitrogens with one attached hydrogen (secondary N) is 2.